The van der Waals surface area contributed by atoms with Gasteiger partial charge in [-0.05, 0) is 54.8 Å². The molecule has 0 radical (unpaired) electrons. The van der Waals surface area contributed by atoms with Gasteiger partial charge < -0.3 is 9.64 Å². The zero-order chi connectivity index (χ0) is 23.2. The number of rotatable bonds is 9. The third-order valence-electron chi connectivity index (χ3n) is 5.48. The number of nitrogens with zero attached hydrogens (tertiary/aromatic N) is 3. The third-order valence-corrected chi connectivity index (χ3v) is 5.48. The zero-order valence-electron chi connectivity index (χ0n) is 18.9. The fourth-order valence-electron chi connectivity index (χ4n) is 3.91. The molecule has 1 aliphatic heterocycles. The number of imide groups is 1. The Balaban J connectivity index is 1.77. The number of aromatic nitrogens is 1. The molecule has 0 fully saturated rings. The van der Waals surface area contributed by atoms with Gasteiger partial charge in [-0.15, -0.1) is 0 Å². The van der Waals surface area contributed by atoms with Gasteiger partial charge in [0.15, 0.2) is 0 Å². The fraction of sp³-hybridized carbons (Fsp3) is 0.222. The Morgan fingerprint density at radius 1 is 0.909 bits per heavy atom. The molecular weight excluding hydrogens is 414 g/mol. The van der Waals surface area contributed by atoms with E-state index in [-0.39, 0.29) is 18.4 Å². The molecule has 0 bridgehead atoms. The van der Waals surface area contributed by atoms with Gasteiger partial charge >= 0.3 is 0 Å². The Labute approximate surface area is 194 Å². The van der Waals surface area contributed by atoms with Crippen molar-refractivity contribution in [3.8, 4) is 5.75 Å². The molecule has 1 aromatic heterocycles. The molecule has 0 saturated carbocycles. The number of pyridine rings is 1. The Kier molecular flexibility index (Phi) is 6.83. The SMILES string of the molecule is CCCOc1ccc(C2=C(N(CC)c3ccccc3)C(=O)N(Cc3cccnc3)C2=O)cc1. The highest BCUT2D eigenvalue weighted by atomic mass is 16.5. The number of likely N-dealkylation sites (N-methyl/N-ethyl adjacent to an activating group) is 1. The van der Waals surface area contributed by atoms with Crippen LogP contribution in [0.2, 0.25) is 0 Å². The molecule has 2 heterocycles. The molecule has 2 aromatic carbocycles. The van der Waals surface area contributed by atoms with Crippen LogP contribution in [-0.2, 0) is 16.1 Å². The van der Waals surface area contributed by atoms with E-state index in [9.17, 15) is 9.59 Å². The number of carbonyl (C=O) groups excluding carboxylic acids is 2. The molecule has 0 unspecified atom stereocenters. The number of benzene rings is 2. The Morgan fingerprint density at radius 3 is 2.30 bits per heavy atom. The Morgan fingerprint density at radius 2 is 1.67 bits per heavy atom. The standard InChI is InChI=1S/C27H27N3O3/c1-3-17-33-23-14-12-21(13-15-23)24-25(29(4-2)22-10-6-5-7-11-22)27(32)30(26(24)31)19-20-9-8-16-28-18-20/h5-16,18H,3-4,17,19H2,1-2H3. The first kappa shape index (κ1) is 22.3. The van der Waals surface area contributed by atoms with Crippen molar-refractivity contribution in [1.29, 1.82) is 0 Å². The molecule has 0 atom stereocenters. The first-order chi connectivity index (χ1) is 16.1. The molecule has 0 saturated heterocycles. The predicted molar refractivity (Wildman–Crippen MR) is 128 cm³/mol. The molecule has 1 aliphatic rings. The van der Waals surface area contributed by atoms with Crippen LogP contribution < -0.4 is 9.64 Å². The number of amides is 2. The maximum atomic E-state index is 13.6. The number of para-hydroxylation sites is 1. The van der Waals surface area contributed by atoms with Crippen molar-refractivity contribution in [1.82, 2.24) is 9.88 Å². The number of hydrogen-bond donors (Lipinski definition) is 0. The van der Waals surface area contributed by atoms with Crippen molar-refractivity contribution in [3.05, 3.63) is 95.9 Å². The summed E-state index contributed by atoms with van der Waals surface area (Å²) >= 11 is 0. The smallest absolute Gasteiger partial charge is 0.278 e. The second-order valence-electron chi connectivity index (χ2n) is 7.73. The van der Waals surface area contributed by atoms with Crippen molar-refractivity contribution < 1.29 is 14.3 Å². The van der Waals surface area contributed by atoms with Crippen LogP contribution in [0.5, 0.6) is 5.75 Å². The molecule has 6 heteroatoms. The minimum absolute atomic E-state index is 0.169. The lowest BCUT2D eigenvalue weighted by Gasteiger charge is -2.25. The predicted octanol–water partition coefficient (Wildman–Crippen LogP) is 4.68. The van der Waals surface area contributed by atoms with Gasteiger partial charge in [-0.25, -0.2) is 0 Å². The molecule has 33 heavy (non-hydrogen) atoms. The van der Waals surface area contributed by atoms with Crippen molar-refractivity contribution in [2.75, 3.05) is 18.1 Å². The maximum Gasteiger partial charge on any atom is 0.278 e. The number of hydrogen-bond acceptors (Lipinski definition) is 5. The summed E-state index contributed by atoms with van der Waals surface area (Å²) in [6.45, 7) is 5.36. The molecule has 3 aromatic rings. The van der Waals surface area contributed by atoms with Crippen molar-refractivity contribution >= 4 is 23.1 Å². The molecule has 0 aliphatic carbocycles. The summed E-state index contributed by atoms with van der Waals surface area (Å²) in [5, 5.41) is 0. The van der Waals surface area contributed by atoms with E-state index >= 15 is 0 Å². The van der Waals surface area contributed by atoms with E-state index in [0.717, 1.165) is 23.4 Å². The summed E-state index contributed by atoms with van der Waals surface area (Å²) in [7, 11) is 0. The summed E-state index contributed by atoms with van der Waals surface area (Å²) in [4.78, 5) is 34.6. The lowest BCUT2D eigenvalue weighted by Crippen LogP contribution is -2.34. The van der Waals surface area contributed by atoms with E-state index in [1.54, 1.807) is 18.5 Å². The molecule has 4 rings (SSSR count). The topological polar surface area (TPSA) is 62.7 Å². The average molecular weight is 442 g/mol. The van der Waals surface area contributed by atoms with Gasteiger partial charge in [-0.1, -0.05) is 43.3 Å². The number of ether oxygens (including phenoxy) is 1. The second-order valence-corrected chi connectivity index (χ2v) is 7.73. The highest BCUT2D eigenvalue weighted by molar-refractivity contribution is 6.36. The third kappa shape index (κ3) is 4.65. The monoisotopic (exact) mass is 441 g/mol. The molecule has 0 N–H and O–H groups in total. The first-order valence-corrected chi connectivity index (χ1v) is 11.2. The van der Waals surface area contributed by atoms with E-state index in [1.165, 1.54) is 4.90 Å². The Hall–Kier alpha value is -3.93. The molecule has 0 spiro atoms. The molecule has 2 amide bonds. The van der Waals surface area contributed by atoms with Gasteiger partial charge in [0.2, 0.25) is 0 Å². The van der Waals surface area contributed by atoms with Crippen LogP contribution in [0.25, 0.3) is 5.57 Å². The van der Waals surface area contributed by atoms with E-state index < -0.39 is 0 Å². The van der Waals surface area contributed by atoms with E-state index in [1.807, 2.05) is 79.4 Å². The summed E-state index contributed by atoms with van der Waals surface area (Å²) < 4.78 is 5.69. The summed E-state index contributed by atoms with van der Waals surface area (Å²) in [5.74, 6) is 0.119. The number of carbonyl (C=O) groups is 2. The largest absolute Gasteiger partial charge is 0.494 e. The zero-order valence-corrected chi connectivity index (χ0v) is 18.9. The van der Waals surface area contributed by atoms with Crippen LogP contribution in [0.3, 0.4) is 0 Å². The molecule has 6 nitrogen and oxygen atoms in total. The number of anilines is 1. The quantitative estimate of drug-likeness (QED) is 0.451. The van der Waals surface area contributed by atoms with Crippen LogP contribution >= 0.6 is 0 Å². The van der Waals surface area contributed by atoms with Crippen LogP contribution in [0, 0.1) is 0 Å². The maximum absolute atomic E-state index is 13.6. The second kappa shape index (κ2) is 10.1. The average Bonchev–Trinajstić information content (AvgIpc) is 3.10. The van der Waals surface area contributed by atoms with E-state index in [2.05, 4.69) is 4.98 Å². The highest BCUT2D eigenvalue weighted by Crippen LogP contribution is 2.35. The van der Waals surface area contributed by atoms with Crippen LogP contribution in [0.15, 0.2) is 84.8 Å². The van der Waals surface area contributed by atoms with Gasteiger partial charge in [-0.3, -0.25) is 19.5 Å². The Bertz CT molecular complexity index is 1140. The minimum atomic E-state index is -0.310. The van der Waals surface area contributed by atoms with Crippen LogP contribution in [-0.4, -0.2) is 34.8 Å². The minimum Gasteiger partial charge on any atom is -0.494 e. The normalized spacial score (nSPS) is 13.6. The van der Waals surface area contributed by atoms with Gasteiger partial charge in [0.25, 0.3) is 11.8 Å². The van der Waals surface area contributed by atoms with Crippen LogP contribution in [0.1, 0.15) is 31.4 Å². The van der Waals surface area contributed by atoms with Gasteiger partial charge in [0.05, 0.1) is 18.7 Å². The van der Waals surface area contributed by atoms with E-state index in [4.69, 9.17) is 4.74 Å². The van der Waals surface area contributed by atoms with Crippen molar-refractivity contribution in [2.45, 2.75) is 26.8 Å². The van der Waals surface area contributed by atoms with Crippen molar-refractivity contribution in [3.63, 3.8) is 0 Å². The summed E-state index contributed by atoms with van der Waals surface area (Å²) in [6.07, 6.45) is 4.26. The summed E-state index contributed by atoms with van der Waals surface area (Å²) in [6, 6.07) is 20.7. The van der Waals surface area contributed by atoms with Gasteiger partial charge in [-0.2, -0.15) is 0 Å². The lowest BCUT2D eigenvalue weighted by atomic mass is 10.0. The van der Waals surface area contributed by atoms with Gasteiger partial charge in [0, 0.05) is 24.6 Å². The van der Waals surface area contributed by atoms with E-state index in [0.29, 0.717) is 30.0 Å². The molecule has 168 valence electrons. The fourth-order valence-corrected chi connectivity index (χ4v) is 3.91. The first-order valence-electron chi connectivity index (χ1n) is 11.2. The van der Waals surface area contributed by atoms with Gasteiger partial charge in [0.1, 0.15) is 11.4 Å². The molecular formula is C27H27N3O3. The highest BCUT2D eigenvalue weighted by Gasteiger charge is 2.41. The summed E-state index contributed by atoms with van der Waals surface area (Å²) in [5.41, 5.74) is 3.14. The van der Waals surface area contributed by atoms with Crippen molar-refractivity contribution in [2.24, 2.45) is 0 Å². The van der Waals surface area contributed by atoms with Crippen LogP contribution in [0.4, 0.5) is 5.69 Å². The lowest BCUT2D eigenvalue weighted by molar-refractivity contribution is -0.137.